The molecule has 2 aliphatic rings. The molecule has 2 N–H and O–H groups in total. The van der Waals surface area contributed by atoms with Crippen molar-refractivity contribution in [3.63, 3.8) is 0 Å². The van der Waals surface area contributed by atoms with E-state index in [1.54, 1.807) is 23.1 Å². The standard InChI is InChI=1S/C18H23F2N3O3/c1-17(2,3)16(25)23-6-7-26-14-5-4-11(8-13(14)23)22-15(24)12-9-18(19,20)10-21-12/h4-5,8,12,21H,6-7,9-10H2,1-3H3,(H,22,24). The molecule has 0 spiro atoms. The summed E-state index contributed by atoms with van der Waals surface area (Å²) in [4.78, 5) is 26.5. The van der Waals surface area contributed by atoms with Gasteiger partial charge in [-0.05, 0) is 18.2 Å². The van der Waals surface area contributed by atoms with E-state index in [4.69, 9.17) is 4.74 Å². The number of carbonyl (C=O) groups is 2. The molecule has 1 unspecified atom stereocenters. The Bertz CT molecular complexity index is 731. The summed E-state index contributed by atoms with van der Waals surface area (Å²) in [5.74, 6) is -2.89. The molecule has 1 fully saturated rings. The second-order valence-corrected chi connectivity index (χ2v) is 7.72. The monoisotopic (exact) mass is 367 g/mol. The van der Waals surface area contributed by atoms with Crippen LogP contribution in [0.5, 0.6) is 5.75 Å². The summed E-state index contributed by atoms with van der Waals surface area (Å²) in [7, 11) is 0. The van der Waals surface area contributed by atoms with Gasteiger partial charge in [-0.25, -0.2) is 8.78 Å². The number of amides is 2. The molecule has 2 aliphatic heterocycles. The first kappa shape index (κ1) is 18.6. The van der Waals surface area contributed by atoms with E-state index in [0.717, 1.165) is 0 Å². The first-order valence-corrected chi connectivity index (χ1v) is 8.58. The van der Waals surface area contributed by atoms with Gasteiger partial charge in [0.1, 0.15) is 12.4 Å². The van der Waals surface area contributed by atoms with Crippen LogP contribution in [-0.4, -0.2) is 43.5 Å². The summed E-state index contributed by atoms with van der Waals surface area (Å²) in [6.45, 7) is 5.81. The average molecular weight is 367 g/mol. The number of anilines is 2. The van der Waals surface area contributed by atoms with E-state index in [1.807, 2.05) is 20.8 Å². The first-order chi connectivity index (χ1) is 12.1. The van der Waals surface area contributed by atoms with Gasteiger partial charge in [-0.1, -0.05) is 20.8 Å². The molecule has 8 heteroatoms. The SMILES string of the molecule is CC(C)(C)C(=O)N1CCOc2ccc(NC(=O)C3CC(F)(F)CN3)cc21. The molecule has 0 saturated carbocycles. The molecule has 6 nitrogen and oxygen atoms in total. The minimum atomic E-state index is -2.87. The van der Waals surface area contributed by atoms with Crippen molar-refractivity contribution in [2.45, 2.75) is 39.2 Å². The molecule has 2 amide bonds. The van der Waals surface area contributed by atoms with Crippen LogP contribution in [0.4, 0.5) is 20.2 Å². The van der Waals surface area contributed by atoms with Crippen molar-refractivity contribution >= 4 is 23.2 Å². The van der Waals surface area contributed by atoms with Gasteiger partial charge in [0.15, 0.2) is 0 Å². The third-order valence-corrected chi connectivity index (χ3v) is 4.40. The van der Waals surface area contributed by atoms with Crippen molar-refractivity contribution in [2.24, 2.45) is 5.41 Å². The molecular formula is C18H23F2N3O3. The minimum Gasteiger partial charge on any atom is -0.490 e. The molecular weight excluding hydrogens is 344 g/mol. The van der Waals surface area contributed by atoms with Crippen molar-refractivity contribution < 1.29 is 23.1 Å². The van der Waals surface area contributed by atoms with Gasteiger partial charge in [-0.3, -0.25) is 14.9 Å². The zero-order valence-electron chi connectivity index (χ0n) is 15.1. The maximum absolute atomic E-state index is 13.3. The Labute approximate surface area is 150 Å². The third-order valence-electron chi connectivity index (χ3n) is 4.40. The number of hydrogen-bond donors (Lipinski definition) is 2. The summed E-state index contributed by atoms with van der Waals surface area (Å²) in [5, 5.41) is 5.17. The summed E-state index contributed by atoms with van der Waals surface area (Å²) >= 11 is 0. The zero-order chi connectivity index (χ0) is 19.1. The normalized spacial score (nSPS) is 21.7. The molecule has 0 aliphatic carbocycles. The Morgan fingerprint density at radius 2 is 2.08 bits per heavy atom. The van der Waals surface area contributed by atoms with Crippen LogP contribution in [0.15, 0.2) is 18.2 Å². The highest BCUT2D eigenvalue weighted by molar-refractivity contribution is 6.00. The molecule has 2 heterocycles. The van der Waals surface area contributed by atoms with Crippen molar-refractivity contribution in [1.29, 1.82) is 0 Å². The van der Waals surface area contributed by atoms with Gasteiger partial charge < -0.3 is 15.0 Å². The molecule has 0 radical (unpaired) electrons. The van der Waals surface area contributed by atoms with Gasteiger partial charge in [0.25, 0.3) is 5.92 Å². The van der Waals surface area contributed by atoms with Gasteiger partial charge >= 0.3 is 0 Å². The summed E-state index contributed by atoms with van der Waals surface area (Å²) < 4.78 is 32.1. The van der Waals surface area contributed by atoms with Crippen molar-refractivity contribution in [2.75, 3.05) is 29.9 Å². The van der Waals surface area contributed by atoms with Crippen LogP contribution in [0.1, 0.15) is 27.2 Å². The largest absolute Gasteiger partial charge is 0.490 e. The summed E-state index contributed by atoms with van der Waals surface area (Å²) in [6, 6.07) is 4.01. The predicted molar refractivity (Wildman–Crippen MR) is 93.7 cm³/mol. The van der Waals surface area contributed by atoms with Crippen LogP contribution in [-0.2, 0) is 9.59 Å². The fraction of sp³-hybridized carbons (Fsp3) is 0.556. The van der Waals surface area contributed by atoms with Gasteiger partial charge in [0.2, 0.25) is 11.8 Å². The van der Waals surface area contributed by atoms with Gasteiger partial charge in [-0.15, -0.1) is 0 Å². The molecule has 1 atom stereocenters. The zero-order valence-corrected chi connectivity index (χ0v) is 15.1. The number of hydrogen-bond acceptors (Lipinski definition) is 4. The van der Waals surface area contributed by atoms with Crippen molar-refractivity contribution in [3.05, 3.63) is 18.2 Å². The number of halogens is 2. The number of alkyl halides is 2. The molecule has 26 heavy (non-hydrogen) atoms. The number of benzene rings is 1. The average Bonchev–Trinajstić information content (AvgIpc) is 2.93. The van der Waals surface area contributed by atoms with E-state index >= 15 is 0 Å². The van der Waals surface area contributed by atoms with Gasteiger partial charge in [0, 0.05) is 17.5 Å². The topological polar surface area (TPSA) is 70.7 Å². The number of carbonyl (C=O) groups excluding carboxylic acids is 2. The highest BCUT2D eigenvalue weighted by Gasteiger charge is 2.42. The van der Waals surface area contributed by atoms with Crippen molar-refractivity contribution in [1.82, 2.24) is 5.32 Å². The Morgan fingerprint density at radius 1 is 1.35 bits per heavy atom. The van der Waals surface area contributed by atoms with Crippen LogP contribution in [0.2, 0.25) is 0 Å². The molecule has 1 aromatic carbocycles. The molecule has 142 valence electrons. The second kappa shape index (κ2) is 6.50. The van der Waals surface area contributed by atoms with Crippen LogP contribution in [0.3, 0.4) is 0 Å². The quantitative estimate of drug-likeness (QED) is 0.842. The number of nitrogens with zero attached hydrogens (tertiary/aromatic N) is 1. The highest BCUT2D eigenvalue weighted by atomic mass is 19.3. The lowest BCUT2D eigenvalue weighted by Crippen LogP contribution is -2.44. The second-order valence-electron chi connectivity index (χ2n) is 7.72. The number of fused-ring (bicyclic) bond motifs is 1. The van der Waals surface area contributed by atoms with E-state index in [0.29, 0.717) is 30.3 Å². The van der Waals surface area contributed by atoms with E-state index in [2.05, 4.69) is 10.6 Å². The molecule has 3 rings (SSSR count). The van der Waals surface area contributed by atoms with Crippen molar-refractivity contribution in [3.8, 4) is 5.75 Å². The molecule has 0 bridgehead atoms. The highest BCUT2D eigenvalue weighted by Crippen LogP contribution is 2.36. The third kappa shape index (κ3) is 3.80. The van der Waals surface area contributed by atoms with Crippen LogP contribution >= 0.6 is 0 Å². The Balaban J connectivity index is 1.79. The summed E-state index contributed by atoms with van der Waals surface area (Å²) in [5.41, 5.74) is 0.439. The summed E-state index contributed by atoms with van der Waals surface area (Å²) in [6.07, 6.45) is -0.526. The molecule has 1 aromatic rings. The lowest BCUT2D eigenvalue weighted by Gasteiger charge is -2.34. The van der Waals surface area contributed by atoms with E-state index in [-0.39, 0.29) is 5.91 Å². The Kier molecular flexibility index (Phi) is 4.64. The minimum absolute atomic E-state index is 0.0531. The maximum atomic E-state index is 13.3. The smallest absolute Gasteiger partial charge is 0.262 e. The molecule has 1 saturated heterocycles. The first-order valence-electron chi connectivity index (χ1n) is 8.58. The number of nitrogens with one attached hydrogen (secondary N) is 2. The fourth-order valence-corrected chi connectivity index (χ4v) is 3.04. The van der Waals surface area contributed by atoms with E-state index in [1.165, 1.54) is 0 Å². The predicted octanol–water partition coefficient (Wildman–Crippen LogP) is 2.39. The van der Waals surface area contributed by atoms with Gasteiger partial charge in [-0.2, -0.15) is 0 Å². The van der Waals surface area contributed by atoms with E-state index < -0.39 is 36.3 Å². The lowest BCUT2D eigenvalue weighted by molar-refractivity contribution is -0.126. The Morgan fingerprint density at radius 3 is 2.69 bits per heavy atom. The fourth-order valence-electron chi connectivity index (χ4n) is 3.04. The Hall–Kier alpha value is -2.22. The van der Waals surface area contributed by atoms with Crippen LogP contribution < -0.4 is 20.3 Å². The maximum Gasteiger partial charge on any atom is 0.262 e. The van der Waals surface area contributed by atoms with Gasteiger partial charge in [0.05, 0.1) is 24.8 Å². The van der Waals surface area contributed by atoms with Crippen LogP contribution in [0, 0.1) is 5.41 Å². The number of ether oxygens (including phenoxy) is 1. The molecule has 0 aromatic heterocycles. The van der Waals surface area contributed by atoms with Crippen LogP contribution in [0.25, 0.3) is 0 Å². The lowest BCUT2D eigenvalue weighted by atomic mass is 9.94. The van der Waals surface area contributed by atoms with E-state index in [9.17, 15) is 18.4 Å². The number of rotatable bonds is 2.